The van der Waals surface area contributed by atoms with Crippen LogP contribution in [0.25, 0.3) is 0 Å². The fourth-order valence-electron chi connectivity index (χ4n) is 1.45. The lowest BCUT2D eigenvalue weighted by atomic mass is 10.1. The predicted molar refractivity (Wildman–Crippen MR) is 63.2 cm³/mol. The van der Waals surface area contributed by atoms with E-state index in [1.165, 1.54) is 5.56 Å². The molecule has 84 valence electrons. The van der Waals surface area contributed by atoms with Crippen LogP contribution in [0.5, 0.6) is 5.75 Å². The summed E-state index contributed by atoms with van der Waals surface area (Å²) in [6.45, 7) is 4.44. The minimum absolute atomic E-state index is 0.376. The molecule has 0 saturated carbocycles. The summed E-state index contributed by atoms with van der Waals surface area (Å²) < 4.78 is 7.33. The van der Waals surface area contributed by atoms with Gasteiger partial charge in [-0.3, -0.25) is 0 Å². The maximum absolute atomic E-state index is 5.66. The van der Waals surface area contributed by atoms with Gasteiger partial charge in [-0.1, -0.05) is 12.1 Å². The molecule has 0 saturated heterocycles. The van der Waals surface area contributed by atoms with Crippen LogP contribution in [-0.2, 0) is 6.73 Å². The molecule has 0 aliphatic carbocycles. The van der Waals surface area contributed by atoms with Gasteiger partial charge in [-0.15, -0.1) is 0 Å². The summed E-state index contributed by atoms with van der Waals surface area (Å²) >= 11 is 0. The smallest absolute Gasteiger partial charge is 0.180 e. The Kier molecular flexibility index (Phi) is 2.81. The van der Waals surface area contributed by atoms with E-state index in [0.717, 1.165) is 11.3 Å². The van der Waals surface area contributed by atoms with Crippen LogP contribution in [0.2, 0.25) is 0 Å². The van der Waals surface area contributed by atoms with Crippen molar-refractivity contribution in [3.63, 3.8) is 0 Å². The summed E-state index contributed by atoms with van der Waals surface area (Å²) in [5, 5.41) is 4.05. The number of anilines is 1. The quantitative estimate of drug-likeness (QED) is 0.856. The van der Waals surface area contributed by atoms with E-state index in [1.54, 1.807) is 17.1 Å². The Morgan fingerprint density at radius 2 is 2.19 bits per heavy atom. The van der Waals surface area contributed by atoms with Gasteiger partial charge in [0.05, 0.1) is 18.1 Å². The second-order valence-electron chi connectivity index (χ2n) is 3.86. The first-order valence-electron chi connectivity index (χ1n) is 5.13. The standard InChI is InChI=1S/C12H15N3O/c1-9-3-4-10(2)12(5-9)16-8-15-7-11(13)6-14-15/h3-7H,8,13H2,1-2H3. The third kappa shape index (κ3) is 2.34. The summed E-state index contributed by atoms with van der Waals surface area (Å²) in [4.78, 5) is 0. The lowest BCUT2D eigenvalue weighted by molar-refractivity contribution is 0.219. The Hall–Kier alpha value is -1.97. The second-order valence-corrected chi connectivity index (χ2v) is 3.86. The summed E-state index contributed by atoms with van der Waals surface area (Å²) in [5.74, 6) is 0.883. The van der Waals surface area contributed by atoms with E-state index >= 15 is 0 Å². The molecule has 2 N–H and O–H groups in total. The number of benzene rings is 1. The number of ether oxygens (including phenoxy) is 1. The van der Waals surface area contributed by atoms with Crippen LogP contribution in [0.15, 0.2) is 30.6 Å². The molecule has 2 aromatic rings. The van der Waals surface area contributed by atoms with Crippen LogP contribution in [0, 0.1) is 13.8 Å². The molecular formula is C12H15N3O. The molecule has 1 aromatic heterocycles. The van der Waals surface area contributed by atoms with Crippen molar-refractivity contribution in [1.82, 2.24) is 9.78 Å². The van der Waals surface area contributed by atoms with Gasteiger partial charge in [0.1, 0.15) is 5.75 Å². The average molecular weight is 217 g/mol. The number of nitrogens with zero attached hydrogens (tertiary/aromatic N) is 2. The normalized spacial score (nSPS) is 10.4. The molecule has 0 spiro atoms. The lowest BCUT2D eigenvalue weighted by Crippen LogP contribution is -2.06. The van der Waals surface area contributed by atoms with Crippen molar-refractivity contribution in [3.05, 3.63) is 41.7 Å². The third-order valence-corrected chi connectivity index (χ3v) is 2.35. The van der Waals surface area contributed by atoms with Crippen LogP contribution in [-0.4, -0.2) is 9.78 Å². The molecule has 0 unspecified atom stereocenters. The highest BCUT2D eigenvalue weighted by molar-refractivity contribution is 5.36. The molecule has 0 aliphatic rings. The van der Waals surface area contributed by atoms with Crippen LogP contribution in [0.3, 0.4) is 0 Å². The Morgan fingerprint density at radius 1 is 1.38 bits per heavy atom. The van der Waals surface area contributed by atoms with E-state index in [0.29, 0.717) is 12.4 Å². The van der Waals surface area contributed by atoms with Crippen molar-refractivity contribution in [1.29, 1.82) is 0 Å². The van der Waals surface area contributed by atoms with Gasteiger partial charge in [0.25, 0.3) is 0 Å². The summed E-state index contributed by atoms with van der Waals surface area (Å²) in [6.07, 6.45) is 3.34. The Balaban J connectivity index is 2.07. The van der Waals surface area contributed by atoms with Crippen LogP contribution < -0.4 is 10.5 Å². The number of nitrogen functional groups attached to an aromatic ring is 1. The molecular weight excluding hydrogens is 202 g/mol. The molecule has 16 heavy (non-hydrogen) atoms. The fourth-order valence-corrected chi connectivity index (χ4v) is 1.45. The third-order valence-electron chi connectivity index (χ3n) is 2.35. The van der Waals surface area contributed by atoms with Crippen LogP contribution in [0.1, 0.15) is 11.1 Å². The molecule has 0 atom stereocenters. The first-order valence-corrected chi connectivity index (χ1v) is 5.13. The van der Waals surface area contributed by atoms with E-state index in [2.05, 4.69) is 11.2 Å². The van der Waals surface area contributed by atoms with Crippen molar-refractivity contribution in [2.24, 2.45) is 0 Å². The molecule has 4 nitrogen and oxygen atoms in total. The minimum Gasteiger partial charge on any atom is -0.471 e. The number of hydrogen-bond donors (Lipinski definition) is 1. The number of aryl methyl sites for hydroxylation is 2. The largest absolute Gasteiger partial charge is 0.471 e. The highest BCUT2D eigenvalue weighted by Crippen LogP contribution is 2.19. The maximum Gasteiger partial charge on any atom is 0.180 e. The lowest BCUT2D eigenvalue weighted by Gasteiger charge is -2.09. The summed E-state index contributed by atoms with van der Waals surface area (Å²) in [6, 6.07) is 6.12. The van der Waals surface area contributed by atoms with E-state index < -0.39 is 0 Å². The molecule has 1 aromatic carbocycles. The monoisotopic (exact) mass is 217 g/mol. The van der Waals surface area contributed by atoms with Crippen LogP contribution >= 0.6 is 0 Å². The summed E-state index contributed by atoms with van der Waals surface area (Å²) in [7, 11) is 0. The van der Waals surface area contributed by atoms with Gasteiger partial charge < -0.3 is 10.5 Å². The maximum atomic E-state index is 5.66. The second kappa shape index (κ2) is 4.26. The Morgan fingerprint density at radius 3 is 2.88 bits per heavy atom. The van der Waals surface area contributed by atoms with E-state index in [9.17, 15) is 0 Å². The minimum atomic E-state index is 0.376. The SMILES string of the molecule is Cc1ccc(C)c(OCn2cc(N)cn2)c1. The zero-order chi connectivity index (χ0) is 11.5. The highest BCUT2D eigenvalue weighted by atomic mass is 16.5. The van der Waals surface area contributed by atoms with E-state index in [1.807, 2.05) is 26.0 Å². The molecule has 1 heterocycles. The first kappa shape index (κ1) is 10.5. The molecule has 0 radical (unpaired) electrons. The number of rotatable bonds is 3. The fraction of sp³-hybridized carbons (Fsp3) is 0.250. The number of hydrogen-bond acceptors (Lipinski definition) is 3. The highest BCUT2D eigenvalue weighted by Gasteiger charge is 2.00. The molecule has 0 fully saturated rings. The van der Waals surface area contributed by atoms with Gasteiger partial charge in [-0.25, -0.2) is 4.68 Å². The van der Waals surface area contributed by atoms with E-state index in [4.69, 9.17) is 10.5 Å². The van der Waals surface area contributed by atoms with Gasteiger partial charge in [-0.05, 0) is 31.0 Å². The van der Waals surface area contributed by atoms with Crippen LogP contribution in [0.4, 0.5) is 5.69 Å². The molecule has 4 heteroatoms. The molecule has 0 amide bonds. The van der Waals surface area contributed by atoms with Crippen molar-refractivity contribution in [3.8, 4) is 5.75 Å². The number of aromatic nitrogens is 2. The van der Waals surface area contributed by atoms with Gasteiger partial charge in [-0.2, -0.15) is 5.10 Å². The van der Waals surface area contributed by atoms with Crippen molar-refractivity contribution >= 4 is 5.69 Å². The van der Waals surface area contributed by atoms with Gasteiger partial charge in [0.2, 0.25) is 0 Å². The Bertz CT molecular complexity index is 491. The zero-order valence-electron chi connectivity index (χ0n) is 9.47. The van der Waals surface area contributed by atoms with Gasteiger partial charge in [0.15, 0.2) is 6.73 Å². The first-order chi connectivity index (χ1) is 7.65. The van der Waals surface area contributed by atoms with Gasteiger partial charge >= 0.3 is 0 Å². The van der Waals surface area contributed by atoms with Crippen molar-refractivity contribution < 1.29 is 4.74 Å². The Labute approximate surface area is 94.6 Å². The number of nitrogens with two attached hydrogens (primary N) is 1. The summed E-state index contributed by atoms with van der Waals surface area (Å²) in [5.41, 5.74) is 8.50. The topological polar surface area (TPSA) is 53.1 Å². The predicted octanol–water partition coefficient (Wildman–Crippen LogP) is 2.12. The van der Waals surface area contributed by atoms with E-state index in [-0.39, 0.29) is 0 Å². The molecule has 2 rings (SSSR count). The zero-order valence-corrected chi connectivity index (χ0v) is 9.47. The van der Waals surface area contributed by atoms with Gasteiger partial charge in [0, 0.05) is 0 Å². The average Bonchev–Trinajstić information content (AvgIpc) is 2.66. The van der Waals surface area contributed by atoms with Crippen molar-refractivity contribution in [2.45, 2.75) is 20.6 Å². The van der Waals surface area contributed by atoms with Crippen molar-refractivity contribution in [2.75, 3.05) is 5.73 Å². The molecule has 0 bridgehead atoms. The molecule has 0 aliphatic heterocycles.